The Labute approximate surface area is 195 Å². The second-order valence-corrected chi connectivity index (χ2v) is 8.11. The zero-order valence-corrected chi connectivity index (χ0v) is 18.8. The number of carbonyl (C=O) groups excluding carboxylic acids is 1. The van der Waals surface area contributed by atoms with Crippen LogP contribution in [0.3, 0.4) is 0 Å². The van der Waals surface area contributed by atoms with Gasteiger partial charge in [0.25, 0.3) is 5.91 Å². The van der Waals surface area contributed by atoms with Crippen LogP contribution in [0.25, 0.3) is 11.3 Å². The fourth-order valence-corrected chi connectivity index (χ4v) is 4.37. The second-order valence-electron chi connectivity index (χ2n) is 7.67. The second kappa shape index (κ2) is 8.60. The number of nitrogens with zero attached hydrogens (tertiary/aromatic N) is 3. The first-order valence-corrected chi connectivity index (χ1v) is 10.7. The molecule has 1 unspecified atom stereocenters. The molecule has 1 atom stereocenters. The standard InChI is InChI=1S/C25H21ClN4O3/c1-32-19-8-5-17(13-20(19)33-2)24-21-22(16-3-6-18(26)7-4-16)28-29-23(21)25(31)30(24)14-15-9-11-27-12-10-15/h3-13,24H,14H2,1-2H3,(H,28,29). The van der Waals surface area contributed by atoms with Crippen LogP contribution in [0.1, 0.15) is 33.2 Å². The first kappa shape index (κ1) is 21.0. The van der Waals surface area contributed by atoms with Crippen molar-refractivity contribution < 1.29 is 14.3 Å². The Morgan fingerprint density at radius 2 is 1.73 bits per heavy atom. The lowest BCUT2D eigenvalue weighted by atomic mass is 9.95. The Kier molecular flexibility index (Phi) is 5.48. The highest BCUT2D eigenvalue weighted by Gasteiger charge is 2.42. The molecule has 8 heteroatoms. The van der Waals surface area contributed by atoms with E-state index < -0.39 is 0 Å². The van der Waals surface area contributed by atoms with Gasteiger partial charge in [0.05, 0.1) is 26.0 Å². The van der Waals surface area contributed by atoms with Gasteiger partial charge in [0.2, 0.25) is 0 Å². The quantitative estimate of drug-likeness (QED) is 0.443. The summed E-state index contributed by atoms with van der Waals surface area (Å²) in [5.41, 5.74) is 4.77. The molecule has 2 aromatic heterocycles. The summed E-state index contributed by atoms with van der Waals surface area (Å²) >= 11 is 6.09. The number of hydrogen-bond acceptors (Lipinski definition) is 5. The van der Waals surface area contributed by atoms with Gasteiger partial charge in [-0.15, -0.1) is 0 Å². The van der Waals surface area contributed by atoms with Crippen LogP contribution < -0.4 is 9.47 Å². The predicted molar refractivity (Wildman–Crippen MR) is 125 cm³/mol. The van der Waals surface area contributed by atoms with E-state index in [0.717, 1.165) is 22.3 Å². The van der Waals surface area contributed by atoms with E-state index in [0.29, 0.717) is 34.5 Å². The minimum Gasteiger partial charge on any atom is -0.493 e. The molecule has 1 amide bonds. The van der Waals surface area contributed by atoms with E-state index in [1.807, 2.05) is 59.5 Å². The third-order valence-corrected chi connectivity index (χ3v) is 6.06. The number of hydrogen-bond donors (Lipinski definition) is 1. The molecule has 1 aliphatic heterocycles. The molecule has 0 fully saturated rings. The van der Waals surface area contributed by atoms with E-state index in [9.17, 15) is 4.79 Å². The lowest BCUT2D eigenvalue weighted by Gasteiger charge is -2.27. The van der Waals surface area contributed by atoms with Crippen LogP contribution >= 0.6 is 11.6 Å². The van der Waals surface area contributed by atoms with Crippen LogP contribution in [0, 0.1) is 0 Å². The summed E-state index contributed by atoms with van der Waals surface area (Å²) in [4.78, 5) is 19.4. The topological polar surface area (TPSA) is 80.3 Å². The van der Waals surface area contributed by atoms with Gasteiger partial charge in [-0.25, -0.2) is 0 Å². The van der Waals surface area contributed by atoms with Crippen molar-refractivity contribution >= 4 is 17.5 Å². The Morgan fingerprint density at radius 3 is 2.42 bits per heavy atom. The molecule has 7 nitrogen and oxygen atoms in total. The van der Waals surface area contributed by atoms with Gasteiger partial charge >= 0.3 is 0 Å². The van der Waals surface area contributed by atoms with Crippen molar-refractivity contribution in [3.63, 3.8) is 0 Å². The van der Waals surface area contributed by atoms with Crippen molar-refractivity contribution in [2.24, 2.45) is 0 Å². The molecule has 0 bridgehead atoms. The molecule has 33 heavy (non-hydrogen) atoms. The van der Waals surface area contributed by atoms with Crippen molar-refractivity contribution in [1.29, 1.82) is 0 Å². The van der Waals surface area contributed by atoms with Gasteiger partial charge in [-0.05, 0) is 47.5 Å². The number of aromatic amines is 1. The number of ether oxygens (including phenoxy) is 2. The molecule has 3 heterocycles. The van der Waals surface area contributed by atoms with Crippen molar-refractivity contribution in [3.8, 4) is 22.8 Å². The number of fused-ring (bicyclic) bond motifs is 1. The average molecular weight is 461 g/mol. The van der Waals surface area contributed by atoms with E-state index in [-0.39, 0.29) is 11.9 Å². The van der Waals surface area contributed by atoms with Gasteiger partial charge in [0, 0.05) is 35.1 Å². The number of pyridine rings is 1. The molecule has 0 saturated carbocycles. The zero-order valence-electron chi connectivity index (χ0n) is 18.1. The number of carbonyl (C=O) groups is 1. The minimum absolute atomic E-state index is 0.116. The zero-order chi connectivity index (χ0) is 22.9. The molecular weight excluding hydrogens is 440 g/mol. The molecule has 5 rings (SSSR count). The van der Waals surface area contributed by atoms with Crippen molar-refractivity contribution in [1.82, 2.24) is 20.1 Å². The van der Waals surface area contributed by atoms with Gasteiger partial charge in [-0.2, -0.15) is 5.10 Å². The highest BCUT2D eigenvalue weighted by Crippen LogP contribution is 2.45. The molecular formula is C25H21ClN4O3. The molecule has 0 saturated heterocycles. The molecule has 1 N–H and O–H groups in total. The monoisotopic (exact) mass is 460 g/mol. The summed E-state index contributed by atoms with van der Waals surface area (Å²) < 4.78 is 11.0. The summed E-state index contributed by atoms with van der Waals surface area (Å²) in [7, 11) is 3.19. The Balaban J connectivity index is 1.66. The maximum Gasteiger partial charge on any atom is 0.273 e. The molecule has 0 radical (unpaired) electrons. The molecule has 2 aromatic carbocycles. The summed E-state index contributed by atoms with van der Waals surface area (Å²) in [6, 6.07) is 16.6. The number of rotatable bonds is 6. The fourth-order valence-electron chi connectivity index (χ4n) is 4.24. The summed E-state index contributed by atoms with van der Waals surface area (Å²) in [5, 5.41) is 8.11. The number of benzene rings is 2. The van der Waals surface area contributed by atoms with Gasteiger partial charge in [0.15, 0.2) is 11.5 Å². The molecule has 1 aliphatic rings. The van der Waals surface area contributed by atoms with Gasteiger partial charge < -0.3 is 14.4 Å². The number of amides is 1. The first-order chi connectivity index (χ1) is 16.1. The number of H-pyrrole nitrogens is 1. The lowest BCUT2D eigenvalue weighted by Crippen LogP contribution is -2.29. The molecule has 0 spiro atoms. The van der Waals surface area contributed by atoms with Crippen molar-refractivity contribution in [2.75, 3.05) is 14.2 Å². The van der Waals surface area contributed by atoms with Crippen LogP contribution in [-0.4, -0.2) is 40.2 Å². The van der Waals surface area contributed by atoms with Crippen LogP contribution in [0.4, 0.5) is 0 Å². The highest BCUT2D eigenvalue weighted by molar-refractivity contribution is 6.30. The smallest absolute Gasteiger partial charge is 0.273 e. The number of halogens is 1. The summed E-state index contributed by atoms with van der Waals surface area (Å²) in [6.07, 6.45) is 3.45. The fraction of sp³-hybridized carbons (Fsp3) is 0.160. The Bertz CT molecular complexity index is 1310. The molecule has 4 aromatic rings. The predicted octanol–water partition coefficient (Wildman–Crippen LogP) is 4.89. The van der Waals surface area contributed by atoms with Crippen LogP contribution in [0.5, 0.6) is 11.5 Å². The third kappa shape index (κ3) is 3.70. The van der Waals surface area contributed by atoms with E-state index >= 15 is 0 Å². The largest absolute Gasteiger partial charge is 0.493 e. The van der Waals surface area contributed by atoms with Crippen molar-refractivity contribution in [2.45, 2.75) is 12.6 Å². The molecule has 0 aliphatic carbocycles. The van der Waals surface area contributed by atoms with E-state index in [4.69, 9.17) is 21.1 Å². The third-order valence-electron chi connectivity index (χ3n) is 5.81. The SMILES string of the molecule is COc1ccc(C2c3c(-c4ccc(Cl)cc4)n[nH]c3C(=O)N2Cc2ccncc2)cc1OC. The van der Waals surface area contributed by atoms with Crippen LogP contribution in [-0.2, 0) is 6.54 Å². The number of methoxy groups -OCH3 is 2. The minimum atomic E-state index is -0.370. The Hall–Kier alpha value is -3.84. The van der Waals surface area contributed by atoms with Crippen LogP contribution in [0.15, 0.2) is 67.0 Å². The van der Waals surface area contributed by atoms with E-state index in [2.05, 4.69) is 15.2 Å². The van der Waals surface area contributed by atoms with Gasteiger partial charge in [-0.1, -0.05) is 29.8 Å². The number of nitrogens with one attached hydrogen (secondary N) is 1. The van der Waals surface area contributed by atoms with Crippen molar-refractivity contribution in [3.05, 3.63) is 94.4 Å². The lowest BCUT2D eigenvalue weighted by molar-refractivity contribution is 0.0730. The normalized spacial score (nSPS) is 14.9. The Morgan fingerprint density at radius 1 is 1.00 bits per heavy atom. The van der Waals surface area contributed by atoms with Gasteiger partial charge in [-0.3, -0.25) is 14.9 Å². The number of aromatic nitrogens is 3. The first-order valence-electron chi connectivity index (χ1n) is 10.4. The van der Waals surface area contributed by atoms with E-state index in [1.165, 1.54) is 0 Å². The summed E-state index contributed by atoms with van der Waals surface area (Å²) in [6.45, 7) is 0.420. The summed E-state index contributed by atoms with van der Waals surface area (Å²) in [5.74, 6) is 1.10. The van der Waals surface area contributed by atoms with Crippen LogP contribution in [0.2, 0.25) is 5.02 Å². The maximum absolute atomic E-state index is 13.5. The highest BCUT2D eigenvalue weighted by atomic mass is 35.5. The molecule has 166 valence electrons. The van der Waals surface area contributed by atoms with Gasteiger partial charge in [0.1, 0.15) is 5.69 Å². The van der Waals surface area contributed by atoms with E-state index in [1.54, 1.807) is 26.6 Å². The average Bonchev–Trinajstić information content (AvgIpc) is 3.39. The maximum atomic E-state index is 13.5.